The quantitative estimate of drug-likeness (QED) is 0.173. The molecule has 0 bridgehead atoms. The standard InChI is InChI=1S/C52H31N3/c1-3-16-32(17-4-1)49-53-50(33-18-5-2-6-19-33)55-51(54-49)40-26-15-29-46-48(40)39-25-12-14-28-45(39)52(46)44-27-13-11-24-38(44)43-30-41-36-22-9-7-20-34(36)35-21-8-10-23-37(35)42(41)31-47(43)52/h1-31H. The van der Waals surface area contributed by atoms with E-state index in [-0.39, 0.29) is 0 Å². The fourth-order valence-corrected chi connectivity index (χ4v) is 9.70. The van der Waals surface area contributed by atoms with Crippen LogP contribution >= 0.6 is 0 Å². The number of nitrogens with zero attached hydrogens (tertiary/aromatic N) is 3. The monoisotopic (exact) mass is 697 g/mol. The number of hydrogen-bond acceptors (Lipinski definition) is 3. The van der Waals surface area contributed by atoms with Crippen LogP contribution in [0.4, 0.5) is 0 Å². The van der Waals surface area contributed by atoms with Crippen LogP contribution in [0.2, 0.25) is 0 Å². The van der Waals surface area contributed by atoms with Gasteiger partial charge in [0.05, 0.1) is 5.41 Å². The van der Waals surface area contributed by atoms with Crippen molar-refractivity contribution in [3.63, 3.8) is 0 Å². The maximum atomic E-state index is 5.24. The molecule has 1 unspecified atom stereocenters. The van der Waals surface area contributed by atoms with Crippen molar-refractivity contribution in [3.8, 4) is 56.4 Å². The topological polar surface area (TPSA) is 38.7 Å². The lowest BCUT2D eigenvalue weighted by atomic mass is 9.70. The van der Waals surface area contributed by atoms with Crippen LogP contribution < -0.4 is 0 Å². The molecule has 3 nitrogen and oxygen atoms in total. The summed E-state index contributed by atoms with van der Waals surface area (Å²) in [6.45, 7) is 0. The van der Waals surface area contributed by atoms with E-state index in [2.05, 4.69) is 152 Å². The number of aromatic nitrogens is 3. The minimum absolute atomic E-state index is 0.535. The summed E-state index contributed by atoms with van der Waals surface area (Å²) in [6, 6.07) is 67.9. The molecule has 1 heterocycles. The highest BCUT2D eigenvalue weighted by atomic mass is 15.0. The Morgan fingerprint density at radius 1 is 0.273 bits per heavy atom. The van der Waals surface area contributed by atoms with E-state index in [9.17, 15) is 0 Å². The summed E-state index contributed by atoms with van der Waals surface area (Å²) in [7, 11) is 0. The zero-order chi connectivity index (χ0) is 36.1. The molecule has 0 saturated heterocycles. The lowest BCUT2D eigenvalue weighted by Gasteiger charge is -2.31. The van der Waals surface area contributed by atoms with Gasteiger partial charge in [-0.2, -0.15) is 0 Å². The van der Waals surface area contributed by atoms with Gasteiger partial charge in [0.25, 0.3) is 0 Å². The first-order valence-corrected chi connectivity index (χ1v) is 18.9. The van der Waals surface area contributed by atoms with Crippen molar-refractivity contribution < 1.29 is 0 Å². The maximum absolute atomic E-state index is 5.24. The second kappa shape index (κ2) is 11.4. The Hall–Kier alpha value is -7.23. The van der Waals surface area contributed by atoms with Gasteiger partial charge in [-0.15, -0.1) is 0 Å². The predicted octanol–water partition coefficient (Wildman–Crippen LogP) is 12.7. The Bertz CT molecular complexity index is 3150. The number of rotatable bonds is 3. The lowest BCUT2D eigenvalue weighted by Crippen LogP contribution is -2.25. The van der Waals surface area contributed by atoms with Crippen LogP contribution in [0.5, 0.6) is 0 Å². The van der Waals surface area contributed by atoms with Gasteiger partial charge in [0.1, 0.15) is 0 Å². The molecule has 10 aromatic rings. The fraction of sp³-hybridized carbons (Fsp3) is 0.0192. The van der Waals surface area contributed by atoms with Crippen molar-refractivity contribution in [1.29, 1.82) is 0 Å². The Morgan fingerprint density at radius 2 is 0.709 bits per heavy atom. The molecule has 254 valence electrons. The first-order valence-electron chi connectivity index (χ1n) is 18.9. The van der Waals surface area contributed by atoms with Gasteiger partial charge < -0.3 is 0 Å². The third-order valence-electron chi connectivity index (χ3n) is 11.9. The Balaban J connectivity index is 1.19. The number of fused-ring (bicyclic) bond motifs is 16. The molecule has 0 fully saturated rings. The number of benzene rings is 9. The van der Waals surface area contributed by atoms with Crippen LogP contribution in [0.15, 0.2) is 188 Å². The van der Waals surface area contributed by atoms with Gasteiger partial charge in [-0.3, -0.25) is 0 Å². The van der Waals surface area contributed by atoms with Crippen molar-refractivity contribution in [1.82, 2.24) is 15.0 Å². The Morgan fingerprint density at radius 3 is 1.33 bits per heavy atom. The first-order chi connectivity index (χ1) is 27.3. The summed E-state index contributed by atoms with van der Waals surface area (Å²) >= 11 is 0. The number of hydrogen-bond donors (Lipinski definition) is 0. The average molecular weight is 698 g/mol. The van der Waals surface area contributed by atoms with Crippen molar-refractivity contribution in [2.24, 2.45) is 0 Å². The fourth-order valence-electron chi connectivity index (χ4n) is 9.70. The van der Waals surface area contributed by atoms with Gasteiger partial charge in [0, 0.05) is 16.7 Å². The van der Waals surface area contributed by atoms with Gasteiger partial charge in [-0.05, 0) is 89.0 Å². The summed E-state index contributed by atoms with van der Waals surface area (Å²) < 4.78 is 0. The summed E-state index contributed by atoms with van der Waals surface area (Å²) in [6.07, 6.45) is 0. The van der Waals surface area contributed by atoms with Crippen LogP contribution in [-0.2, 0) is 5.41 Å². The highest BCUT2D eigenvalue weighted by molar-refractivity contribution is 6.26. The summed E-state index contributed by atoms with van der Waals surface area (Å²) in [5.74, 6) is 1.98. The van der Waals surface area contributed by atoms with E-state index in [1.165, 1.54) is 76.8 Å². The molecule has 0 aliphatic heterocycles. The molecule has 2 aliphatic carbocycles. The molecule has 12 rings (SSSR count). The normalized spacial score (nSPS) is 15.0. The first kappa shape index (κ1) is 30.3. The zero-order valence-electron chi connectivity index (χ0n) is 29.7. The van der Waals surface area contributed by atoms with Crippen LogP contribution in [0.3, 0.4) is 0 Å². The Labute approximate surface area is 318 Å². The van der Waals surface area contributed by atoms with Gasteiger partial charge in [-0.1, -0.05) is 176 Å². The van der Waals surface area contributed by atoms with E-state index in [0.717, 1.165) is 16.7 Å². The molecular formula is C52H31N3. The molecule has 9 aromatic carbocycles. The van der Waals surface area contributed by atoms with E-state index in [0.29, 0.717) is 17.5 Å². The smallest absolute Gasteiger partial charge is 0.164 e. The molecule has 0 amide bonds. The van der Waals surface area contributed by atoms with Crippen LogP contribution in [0.1, 0.15) is 22.3 Å². The van der Waals surface area contributed by atoms with E-state index in [1.807, 2.05) is 36.4 Å². The van der Waals surface area contributed by atoms with E-state index in [4.69, 9.17) is 15.0 Å². The van der Waals surface area contributed by atoms with E-state index in [1.54, 1.807) is 0 Å². The van der Waals surface area contributed by atoms with Gasteiger partial charge in [0.2, 0.25) is 0 Å². The third kappa shape index (κ3) is 4.12. The van der Waals surface area contributed by atoms with Gasteiger partial charge in [-0.25, -0.2) is 15.0 Å². The van der Waals surface area contributed by atoms with Crippen molar-refractivity contribution >= 4 is 32.3 Å². The molecular weight excluding hydrogens is 667 g/mol. The highest BCUT2D eigenvalue weighted by Gasteiger charge is 2.52. The predicted molar refractivity (Wildman–Crippen MR) is 225 cm³/mol. The second-order valence-corrected chi connectivity index (χ2v) is 14.6. The highest BCUT2D eigenvalue weighted by Crippen LogP contribution is 2.64. The molecule has 3 heteroatoms. The second-order valence-electron chi connectivity index (χ2n) is 14.6. The summed E-state index contributed by atoms with van der Waals surface area (Å²) in [4.78, 5) is 15.5. The van der Waals surface area contributed by atoms with Crippen molar-refractivity contribution in [3.05, 3.63) is 210 Å². The minimum atomic E-state index is -0.535. The largest absolute Gasteiger partial charge is 0.208 e. The minimum Gasteiger partial charge on any atom is -0.208 e. The SMILES string of the molecule is c1ccc(-c2nc(-c3ccccc3)nc(-c3cccc4c3-c3ccccc3C43c4ccccc4-c4cc5c6ccccc6c6ccccc6c5cc43)n2)cc1. The van der Waals surface area contributed by atoms with Gasteiger partial charge in [0.15, 0.2) is 17.5 Å². The molecule has 1 aromatic heterocycles. The summed E-state index contributed by atoms with van der Waals surface area (Å²) in [5.41, 5.74) is 12.5. The zero-order valence-corrected chi connectivity index (χ0v) is 29.7. The molecule has 1 atom stereocenters. The van der Waals surface area contributed by atoms with Crippen LogP contribution in [0.25, 0.3) is 88.7 Å². The Kier molecular flexibility index (Phi) is 6.26. The molecule has 0 saturated carbocycles. The lowest BCUT2D eigenvalue weighted by molar-refractivity contribution is 0.795. The van der Waals surface area contributed by atoms with Crippen molar-refractivity contribution in [2.75, 3.05) is 0 Å². The molecule has 1 spiro atoms. The molecule has 0 N–H and O–H groups in total. The van der Waals surface area contributed by atoms with Gasteiger partial charge >= 0.3 is 0 Å². The molecule has 2 aliphatic rings. The summed E-state index contributed by atoms with van der Waals surface area (Å²) in [5, 5.41) is 7.69. The van der Waals surface area contributed by atoms with E-state index < -0.39 is 5.41 Å². The molecule has 55 heavy (non-hydrogen) atoms. The maximum Gasteiger partial charge on any atom is 0.164 e. The van der Waals surface area contributed by atoms with Crippen LogP contribution in [-0.4, -0.2) is 15.0 Å². The third-order valence-corrected chi connectivity index (χ3v) is 11.9. The van der Waals surface area contributed by atoms with Crippen molar-refractivity contribution in [2.45, 2.75) is 5.41 Å². The van der Waals surface area contributed by atoms with Crippen LogP contribution in [0, 0.1) is 0 Å². The molecule has 0 radical (unpaired) electrons. The van der Waals surface area contributed by atoms with E-state index >= 15 is 0 Å². The average Bonchev–Trinajstić information content (AvgIpc) is 3.73.